The van der Waals surface area contributed by atoms with E-state index in [4.69, 9.17) is 9.47 Å². The van der Waals surface area contributed by atoms with Gasteiger partial charge in [-0.05, 0) is 43.0 Å². The van der Waals surface area contributed by atoms with E-state index in [1.54, 1.807) is 14.2 Å². The van der Waals surface area contributed by atoms with Gasteiger partial charge in [0.15, 0.2) is 5.78 Å². The molecule has 0 amide bonds. The lowest BCUT2D eigenvalue weighted by Gasteiger charge is -2.13. The zero-order valence-corrected chi connectivity index (χ0v) is 10.9. The summed E-state index contributed by atoms with van der Waals surface area (Å²) in [6.07, 6.45) is 5.59. The Kier molecular flexibility index (Phi) is 4.03. The summed E-state index contributed by atoms with van der Waals surface area (Å²) in [5.74, 6) is 1.75. The molecule has 0 N–H and O–H groups in total. The van der Waals surface area contributed by atoms with Crippen LogP contribution in [0.1, 0.15) is 31.2 Å². The fourth-order valence-electron chi connectivity index (χ4n) is 2.18. The van der Waals surface area contributed by atoms with Gasteiger partial charge in [0.1, 0.15) is 11.5 Å². The molecule has 1 aliphatic rings. The molecule has 0 spiro atoms. The Morgan fingerprint density at radius 1 is 1.11 bits per heavy atom. The van der Waals surface area contributed by atoms with Gasteiger partial charge in [0.2, 0.25) is 0 Å². The first kappa shape index (κ1) is 12.7. The summed E-state index contributed by atoms with van der Waals surface area (Å²) in [5, 5.41) is 0. The standard InChI is InChI=1S/C15H18O3/c1-17-13-8-7-12(15(10-13)18-2)9-11-5-3-4-6-14(11)16/h7-10H,3-6H2,1-2H3. The second-order valence-corrected chi connectivity index (χ2v) is 4.41. The van der Waals surface area contributed by atoms with Crippen LogP contribution in [0.3, 0.4) is 0 Å². The van der Waals surface area contributed by atoms with Crippen molar-refractivity contribution in [1.29, 1.82) is 0 Å². The van der Waals surface area contributed by atoms with Crippen molar-refractivity contribution in [3.8, 4) is 11.5 Å². The van der Waals surface area contributed by atoms with Crippen LogP contribution in [0.15, 0.2) is 23.8 Å². The first-order chi connectivity index (χ1) is 8.74. The molecule has 1 aliphatic carbocycles. The van der Waals surface area contributed by atoms with Crippen molar-refractivity contribution in [3.05, 3.63) is 29.3 Å². The summed E-state index contributed by atoms with van der Waals surface area (Å²) in [4.78, 5) is 11.8. The van der Waals surface area contributed by atoms with Crippen LogP contribution in [0.4, 0.5) is 0 Å². The molecule has 1 fully saturated rings. The predicted molar refractivity (Wildman–Crippen MR) is 71.0 cm³/mol. The van der Waals surface area contributed by atoms with E-state index in [9.17, 15) is 4.79 Å². The number of Topliss-reactive ketones (excluding diaryl/α,β-unsaturated/α-hetero) is 1. The van der Waals surface area contributed by atoms with Crippen LogP contribution >= 0.6 is 0 Å². The van der Waals surface area contributed by atoms with Gasteiger partial charge < -0.3 is 9.47 Å². The van der Waals surface area contributed by atoms with E-state index in [-0.39, 0.29) is 5.78 Å². The van der Waals surface area contributed by atoms with E-state index in [2.05, 4.69) is 0 Å². The molecule has 0 bridgehead atoms. The van der Waals surface area contributed by atoms with Crippen molar-refractivity contribution in [3.63, 3.8) is 0 Å². The van der Waals surface area contributed by atoms with E-state index < -0.39 is 0 Å². The third-order valence-electron chi connectivity index (χ3n) is 3.23. The summed E-state index contributed by atoms with van der Waals surface area (Å²) < 4.78 is 10.5. The van der Waals surface area contributed by atoms with E-state index in [0.29, 0.717) is 6.42 Å². The second kappa shape index (κ2) is 5.71. The number of carbonyl (C=O) groups excluding carboxylic acids is 1. The molecule has 0 radical (unpaired) electrons. The van der Waals surface area contributed by atoms with Crippen LogP contribution in [0.2, 0.25) is 0 Å². The zero-order valence-electron chi connectivity index (χ0n) is 10.9. The maximum atomic E-state index is 11.8. The Morgan fingerprint density at radius 2 is 1.89 bits per heavy atom. The Morgan fingerprint density at radius 3 is 2.56 bits per heavy atom. The molecule has 1 aromatic rings. The van der Waals surface area contributed by atoms with Gasteiger partial charge in [-0.15, -0.1) is 0 Å². The molecule has 3 nitrogen and oxygen atoms in total. The number of allylic oxidation sites excluding steroid dienone is 1. The first-order valence-corrected chi connectivity index (χ1v) is 6.20. The third kappa shape index (κ3) is 2.73. The number of benzene rings is 1. The van der Waals surface area contributed by atoms with Gasteiger partial charge in [-0.1, -0.05) is 0 Å². The van der Waals surface area contributed by atoms with E-state index >= 15 is 0 Å². The SMILES string of the molecule is COc1ccc(C=C2CCCCC2=O)c(OC)c1. The van der Waals surface area contributed by atoms with Crippen molar-refractivity contribution < 1.29 is 14.3 Å². The predicted octanol–water partition coefficient (Wildman–Crippen LogP) is 3.23. The zero-order chi connectivity index (χ0) is 13.0. The first-order valence-electron chi connectivity index (χ1n) is 6.20. The molecule has 1 aromatic carbocycles. The van der Waals surface area contributed by atoms with Crippen LogP contribution in [0.25, 0.3) is 6.08 Å². The average Bonchev–Trinajstić information content (AvgIpc) is 2.41. The highest BCUT2D eigenvalue weighted by atomic mass is 16.5. The Labute approximate surface area is 107 Å². The van der Waals surface area contributed by atoms with Crippen LogP contribution in [0, 0.1) is 0 Å². The molecule has 18 heavy (non-hydrogen) atoms. The van der Waals surface area contributed by atoms with Gasteiger partial charge in [0.25, 0.3) is 0 Å². The van der Waals surface area contributed by atoms with Crippen molar-refractivity contribution in [1.82, 2.24) is 0 Å². The summed E-state index contributed by atoms with van der Waals surface area (Å²) in [6.45, 7) is 0. The molecule has 96 valence electrons. The average molecular weight is 246 g/mol. The minimum absolute atomic E-state index is 0.263. The molecule has 0 saturated heterocycles. The third-order valence-corrected chi connectivity index (χ3v) is 3.23. The highest BCUT2D eigenvalue weighted by Gasteiger charge is 2.15. The topological polar surface area (TPSA) is 35.5 Å². The van der Waals surface area contributed by atoms with Gasteiger partial charge >= 0.3 is 0 Å². The molecule has 1 saturated carbocycles. The van der Waals surface area contributed by atoms with Crippen LogP contribution in [0.5, 0.6) is 11.5 Å². The lowest BCUT2D eigenvalue weighted by atomic mass is 9.92. The van der Waals surface area contributed by atoms with Gasteiger partial charge in [-0.2, -0.15) is 0 Å². The van der Waals surface area contributed by atoms with Crippen LogP contribution < -0.4 is 9.47 Å². The second-order valence-electron chi connectivity index (χ2n) is 4.41. The fourth-order valence-corrected chi connectivity index (χ4v) is 2.18. The van der Waals surface area contributed by atoms with E-state index in [1.807, 2.05) is 24.3 Å². The highest BCUT2D eigenvalue weighted by Crippen LogP contribution is 2.29. The Bertz CT molecular complexity index is 475. The number of carbonyl (C=O) groups is 1. The molecule has 2 rings (SSSR count). The Balaban J connectivity index is 2.32. The molecule has 3 heteroatoms. The van der Waals surface area contributed by atoms with Crippen LogP contribution in [-0.4, -0.2) is 20.0 Å². The smallest absolute Gasteiger partial charge is 0.158 e. The van der Waals surface area contributed by atoms with Gasteiger partial charge in [-0.25, -0.2) is 0 Å². The minimum atomic E-state index is 0.263. The molecule has 0 heterocycles. The van der Waals surface area contributed by atoms with Crippen LogP contribution in [-0.2, 0) is 4.79 Å². The van der Waals surface area contributed by atoms with E-state index in [0.717, 1.165) is 41.9 Å². The summed E-state index contributed by atoms with van der Waals surface area (Å²) in [6, 6.07) is 5.63. The van der Waals surface area contributed by atoms with Gasteiger partial charge in [-0.3, -0.25) is 4.79 Å². The molecule has 0 aliphatic heterocycles. The summed E-state index contributed by atoms with van der Waals surface area (Å²) in [7, 11) is 3.25. The lowest BCUT2D eigenvalue weighted by Crippen LogP contribution is -2.08. The number of ether oxygens (including phenoxy) is 2. The lowest BCUT2D eigenvalue weighted by molar-refractivity contribution is -0.116. The number of hydrogen-bond donors (Lipinski definition) is 0. The van der Waals surface area contributed by atoms with E-state index in [1.165, 1.54) is 0 Å². The van der Waals surface area contributed by atoms with Crippen molar-refractivity contribution in [2.75, 3.05) is 14.2 Å². The van der Waals surface area contributed by atoms with Crippen molar-refractivity contribution in [2.24, 2.45) is 0 Å². The quantitative estimate of drug-likeness (QED) is 0.768. The maximum absolute atomic E-state index is 11.8. The number of rotatable bonds is 3. The number of methoxy groups -OCH3 is 2. The molecule has 0 aromatic heterocycles. The fraction of sp³-hybridized carbons (Fsp3) is 0.400. The van der Waals surface area contributed by atoms with Gasteiger partial charge in [0.05, 0.1) is 14.2 Å². The number of hydrogen-bond acceptors (Lipinski definition) is 3. The highest BCUT2D eigenvalue weighted by molar-refractivity contribution is 6.00. The molecular weight excluding hydrogens is 228 g/mol. The molecule has 0 unspecified atom stereocenters. The van der Waals surface area contributed by atoms with Gasteiger partial charge in [0, 0.05) is 18.1 Å². The largest absolute Gasteiger partial charge is 0.497 e. The van der Waals surface area contributed by atoms with Crippen molar-refractivity contribution in [2.45, 2.75) is 25.7 Å². The molecular formula is C15H18O3. The summed E-state index contributed by atoms with van der Waals surface area (Å²) in [5.41, 5.74) is 1.84. The van der Waals surface area contributed by atoms with Crippen molar-refractivity contribution >= 4 is 11.9 Å². The number of ketones is 1. The maximum Gasteiger partial charge on any atom is 0.158 e. The minimum Gasteiger partial charge on any atom is -0.497 e. The monoisotopic (exact) mass is 246 g/mol. The summed E-state index contributed by atoms with van der Waals surface area (Å²) >= 11 is 0. The molecule has 0 atom stereocenters. The normalized spacial score (nSPS) is 17.9. The Hall–Kier alpha value is -1.77.